The van der Waals surface area contributed by atoms with Crippen molar-refractivity contribution in [2.75, 3.05) is 31.6 Å². The molecule has 1 aromatic carbocycles. The molecule has 0 radical (unpaired) electrons. The van der Waals surface area contributed by atoms with Crippen LogP contribution in [0.15, 0.2) is 18.2 Å². The highest BCUT2D eigenvalue weighted by Crippen LogP contribution is 2.28. The van der Waals surface area contributed by atoms with Crippen molar-refractivity contribution in [3.8, 4) is 5.75 Å². The molecule has 24 heavy (non-hydrogen) atoms. The maximum Gasteiger partial charge on any atom is 0.228 e. The molecule has 2 unspecified atom stereocenters. The number of piperidine rings is 1. The number of anilines is 1. The topological polar surface area (TPSA) is 59.6 Å². The van der Waals surface area contributed by atoms with Crippen LogP contribution in [0, 0.1) is 12.8 Å². The van der Waals surface area contributed by atoms with E-state index < -0.39 is 0 Å². The van der Waals surface area contributed by atoms with Crippen molar-refractivity contribution in [1.82, 2.24) is 5.32 Å². The van der Waals surface area contributed by atoms with Crippen LogP contribution in [0.5, 0.6) is 5.75 Å². The molecular formula is C18H27ClN2O3. The molecule has 1 aromatic rings. The summed E-state index contributed by atoms with van der Waals surface area (Å²) in [6, 6.07) is 5.89. The minimum atomic E-state index is 0. The van der Waals surface area contributed by atoms with E-state index in [0.29, 0.717) is 6.61 Å². The minimum Gasteiger partial charge on any atom is -0.489 e. The quantitative estimate of drug-likeness (QED) is 0.853. The van der Waals surface area contributed by atoms with Gasteiger partial charge >= 0.3 is 0 Å². The van der Waals surface area contributed by atoms with Crippen LogP contribution in [0.3, 0.4) is 0 Å². The monoisotopic (exact) mass is 354 g/mol. The Hall–Kier alpha value is -1.30. The summed E-state index contributed by atoms with van der Waals surface area (Å²) in [5, 5.41) is 6.32. The second-order valence-corrected chi connectivity index (χ2v) is 6.48. The van der Waals surface area contributed by atoms with E-state index >= 15 is 0 Å². The van der Waals surface area contributed by atoms with Crippen molar-refractivity contribution in [3.05, 3.63) is 23.8 Å². The van der Waals surface area contributed by atoms with E-state index in [1.54, 1.807) is 0 Å². The average molecular weight is 355 g/mol. The SMILES string of the molecule is Cc1ccc(NC(=O)C2CCCNC2)c(OCC2CCCO2)c1.Cl. The highest BCUT2D eigenvalue weighted by Gasteiger charge is 2.22. The van der Waals surface area contributed by atoms with Crippen molar-refractivity contribution in [1.29, 1.82) is 0 Å². The average Bonchev–Trinajstić information content (AvgIpc) is 3.09. The zero-order valence-corrected chi connectivity index (χ0v) is 15.0. The van der Waals surface area contributed by atoms with Gasteiger partial charge in [0, 0.05) is 13.2 Å². The van der Waals surface area contributed by atoms with Gasteiger partial charge in [0.1, 0.15) is 12.4 Å². The second kappa shape index (κ2) is 9.25. The summed E-state index contributed by atoms with van der Waals surface area (Å²) in [5.41, 5.74) is 1.87. The third-order valence-corrected chi connectivity index (χ3v) is 4.51. The van der Waals surface area contributed by atoms with Crippen LogP contribution in [0.25, 0.3) is 0 Å². The standard InChI is InChI=1S/C18H26N2O3.ClH/c1-13-6-7-16(20-18(21)14-4-2-8-19-11-14)17(10-13)23-12-15-5-3-9-22-15;/h6-7,10,14-15,19H,2-5,8-9,11-12H2,1H3,(H,20,21);1H. The number of rotatable bonds is 5. The van der Waals surface area contributed by atoms with E-state index in [9.17, 15) is 4.79 Å². The first-order chi connectivity index (χ1) is 11.2. The van der Waals surface area contributed by atoms with Gasteiger partial charge in [-0.1, -0.05) is 6.07 Å². The van der Waals surface area contributed by atoms with Crippen LogP contribution in [0.4, 0.5) is 5.69 Å². The molecule has 2 aliphatic rings. The number of hydrogen-bond acceptors (Lipinski definition) is 4. The van der Waals surface area contributed by atoms with Gasteiger partial charge in [-0.15, -0.1) is 12.4 Å². The van der Waals surface area contributed by atoms with Gasteiger partial charge in [-0.3, -0.25) is 4.79 Å². The van der Waals surface area contributed by atoms with Gasteiger partial charge in [0.2, 0.25) is 5.91 Å². The van der Waals surface area contributed by atoms with Gasteiger partial charge in [-0.05, 0) is 56.8 Å². The lowest BCUT2D eigenvalue weighted by molar-refractivity contribution is -0.120. The highest BCUT2D eigenvalue weighted by molar-refractivity contribution is 5.94. The fourth-order valence-electron chi connectivity index (χ4n) is 3.12. The van der Waals surface area contributed by atoms with Crippen molar-refractivity contribution in [2.45, 2.75) is 38.7 Å². The summed E-state index contributed by atoms with van der Waals surface area (Å²) in [5.74, 6) is 0.844. The van der Waals surface area contributed by atoms with Crippen molar-refractivity contribution < 1.29 is 14.3 Å². The van der Waals surface area contributed by atoms with Crippen molar-refractivity contribution in [2.24, 2.45) is 5.92 Å². The van der Waals surface area contributed by atoms with Gasteiger partial charge in [0.05, 0.1) is 17.7 Å². The van der Waals surface area contributed by atoms with E-state index in [1.807, 2.05) is 25.1 Å². The van der Waals surface area contributed by atoms with Gasteiger partial charge in [0.25, 0.3) is 0 Å². The molecule has 2 saturated heterocycles. The third-order valence-electron chi connectivity index (χ3n) is 4.51. The molecule has 2 N–H and O–H groups in total. The molecule has 2 heterocycles. The fraction of sp³-hybridized carbons (Fsp3) is 0.611. The predicted octanol–water partition coefficient (Wildman–Crippen LogP) is 2.91. The molecule has 0 aromatic heterocycles. The molecule has 0 saturated carbocycles. The zero-order valence-electron chi connectivity index (χ0n) is 14.2. The van der Waals surface area contributed by atoms with Gasteiger partial charge < -0.3 is 20.1 Å². The van der Waals surface area contributed by atoms with E-state index in [0.717, 1.165) is 62.4 Å². The van der Waals surface area contributed by atoms with E-state index in [-0.39, 0.29) is 30.3 Å². The molecule has 2 atom stereocenters. The van der Waals surface area contributed by atoms with E-state index in [4.69, 9.17) is 9.47 Å². The second-order valence-electron chi connectivity index (χ2n) is 6.48. The van der Waals surface area contributed by atoms with E-state index in [1.165, 1.54) is 0 Å². The number of hydrogen-bond donors (Lipinski definition) is 2. The van der Waals surface area contributed by atoms with Crippen LogP contribution in [0.1, 0.15) is 31.2 Å². The molecular weight excluding hydrogens is 328 g/mol. The molecule has 5 nitrogen and oxygen atoms in total. The van der Waals surface area contributed by atoms with Crippen LogP contribution in [-0.4, -0.2) is 38.3 Å². The zero-order chi connectivity index (χ0) is 16.1. The number of halogens is 1. The summed E-state index contributed by atoms with van der Waals surface area (Å²) in [6.45, 7) is 5.14. The van der Waals surface area contributed by atoms with Crippen molar-refractivity contribution in [3.63, 3.8) is 0 Å². The first-order valence-electron chi connectivity index (χ1n) is 8.59. The normalized spacial score (nSPS) is 23.4. The lowest BCUT2D eigenvalue weighted by Crippen LogP contribution is -2.37. The number of carbonyl (C=O) groups is 1. The molecule has 3 rings (SSSR count). The lowest BCUT2D eigenvalue weighted by Gasteiger charge is -2.23. The number of nitrogens with one attached hydrogen (secondary N) is 2. The van der Waals surface area contributed by atoms with Crippen LogP contribution in [0.2, 0.25) is 0 Å². The Morgan fingerprint density at radius 3 is 2.96 bits per heavy atom. The van der Waals surface area contributed by atoms with Crippen molar-refractivity contribution >= 4 is 24.0 Å². The number of aryl methyl sites for hydroxylation is 1. The Balaban J connectivity index is 0.00000208. The molecule has 0 aliphatic carbocycles. The maximum atomic E-state index is 12.4. The first kappa shape index (κ1) is 19.0. The molecule has 1 amide bonds. The number of carbonyl (C=O) groups excluding carboxylic acids is 1. The fourth-order valence-corrected chi connectivity index (χ4v) is 3.12. The Kier molecular flexibility index (Phi) is 7.34. The summed E-state index contributed by atoms with van der Waals surface area (Å²) in [6.07, 6.45) is 4.30. The third kappa shape index (κ3) is 5.10. The summed E-state index contributed by atoms with van der Waals surface area (Å²) in [7, 11) is 0. The summed E-state index contributed by atoms with van der Waals surface area (Å²) < 4.78 is 11.5. The minimum absolute atomic E-state index is 0. The summed E-state index contributed by atoms with van der Waals surface area (Å²) in [4.78, 5) is 12.4. The summed E-state index contributed by atoms with van der Waals surface area (Å²) >= 11 is 0. The van der Waals surface area contributed by atoms with Gasteiger partial charge in [-0.2, -0.15) is 0 Å². The lowest BCUT2D eigenvalue weighted by atomic mass is 9.98. The molecule has 2 aliphatic heterocycles. The van der Waals surface area contributed by atoms with Crippen LogP contribution in [-0.2, 0) is 9.53 Å². The highest BCUT2D eigenvalue weighted by atomic mass is 35.5. The van der Waals surface area contributed by atoms with E-state index in [2.05, 4.69) is 10.6 Å². The molecule has 2 fully saturated rings. The largest absolute Gasteiger partial charge is 0.489 e. The van der Waals surface area contributed by atoms with Crippen LogP contribution < -0.4 is 15.4 Å². The number of ether oxygens (including phenoxy) is 2. The molecule has 134 valence electrons. The molecule has 0 spiro atoms. The maximum absolute atomic E-state index is 12.4. The Morgan fingerprint density at radius 1 is 1.38 bits per heavy atom. The van der Waals surface area contributed by atoms with Gasteiger partial charge in [0.15, 0.2) is 0 Å². The first-order valence-corrected chi connectivity index (χ1v) is 8.59. The van der Waals surface area contributed by atoms with Crippen LogP contribution >= 0.6 is 12.4 Å². The van der Waals surface area contributed by atoms with Gasteiger partial charge in [-0.25, -0.2) is 0 Å². The number of benzene rings is 1. The Morgan fingerprint density at radius 2 is 2.25 bits per heavy atom. The predicted molar refractivity (Wildman–Crippen MR) is 97.1 cm³/mol. The number of amides is 1. The Bertz CT molecular complexity index is 541. The smallest absolute Gasteiger partial charge is 0.228 e. The molecule has 0 bridgehead atoms. The Labute approximate surface area is 149 Å². The molecule has 6 heteroatoms.